The van der Waals surface area contributed by atoms with Gasteiger partial charge in [-0.25, -0.2) is 4.39 Å². The van der Waals surface area contributed by atoms with Gasteiger partial charge in [0.05, 0.1) is 0 Å². The summed E-state index contributed by atoms with van der Waals surface area (Å²) in [6, 6.07) is 20.4. The second kappa shape index (κ2) is 9.78. The quantitative estimate of drug-likeness (QED) is 0.629. The molecule has 0 bridgehead atoms. The molecule has 29 heavy (non-hydrogen) atoms. The van der Waals surface area contributed by atoms with Gasteiger partial charge in [0.1, 0.15) is 5.82 Å². The smallest absolute Gasteiger partial charge is 0.271 e. The molecule has 3 rings (SSSR count). The van der Waals surface area contributed by atoms with Crippen LogP contribution < -0.4 is 10.2 Å². The third-order valence-electron chi connectivity index (χ3n) is 4.63. The van der Waals surface area contributed by atoms with E-state index in [1.54, 1.807) is 24.3 Å². The summed E-state index contributed by atoms with van der Waals surface area (Å²) >= 11 is 0. The SMILES string of the molecule is CC(C)N(Cc1ccccc1)c1ccc(C(=O)NCCc2ccccc2F)nn1. The van der Waals surface area contributed by atoms with Crippen molar-refractivity contribution in [3.8, 4) is 0 Å². The van der Waals surface area contributed by atoms with Gasteiger partial charge in [0.15, 0.2) is 11.5 Å². The van der Waals surface area contributed by atoms with Gasteiger partial charge >= 0.3 is 0 Å². The molecule has 0 spiro atoms. The Morgan fingerprint density at radius 2 is 1.72 bits per heavy atom. The Morgan fingerprint density at radius 3 is 2.38 bits per heavy atom. The van der Waals surface area contributed by atoms with Crippen LogP contribution in [0.2, 0.25) is 0 Å². The number of hydrogen-bond donors (Lipinski definition) is 1. The van der Waals surface area contributed by atoms with Crippen LogP contribution in [0.4, 0.5) is 10.2 Å². The third kappa shape index (κ3) is 5.60. The van der Waals surface area contributed by atoms with Crippen LogP contribution in [0.3, 0.4) is 0 Å². The van der Waals surface area contributed by atoms with Crippen molar-refractivity contribution in [1.82, 2.24) is 15.5 Å². The Labute approximate surface area is 170 Å². The van der Waals surface area contributed by atoms with Crippen molar-refractivity contribution < 1.29 is 9.18 Å². The predicted molar refractivity (Wildman–Crippen MR) is 112 cm³/mol. The van der Waals surface area contributed by atoms with Gasteiger partial charge in [-0.05, 0) is 49.6 Å². The average molecular weight is 392 g/mol. The maximum Gasteiger partial charge on any atom is 0.271 e. The van der Waals surface area contributed by atoms with E-state index in [-0.39, 0.29) is 23.5 Å². The number of nitrogens with one attached hydrogen (secondary N) is 1. The summed E-state index contributed by atoms with van der Waals surface area (Å²) in [5.74, 6) is 0.129. The van der Waals surface area contributed by atoms with E-state index in [0.717, 1.165) is 0 Å². The largest absolute Gasteiger partial charge is 0.350 e. The molecule has 0 aliphatic carbocycles. The number of anilines is 1. The van der Waals surface area contributed by atoms with Crippen molar-refractivity contribution in [2.75, 3.05) is 11.4 Å². The summed E-state index contributed by atoms with van der Waals surface area (Å²) in [5, 5.41) is 11.1. The molecule has 0 radical (unpaired) electrons. The van der Waals surface area contributed by atoms with Gasteiger partial charge in [-0.15, -0.1) is 10.2 Å². The molecule has 3 aromatic rings. The van der Waals surface area contributed by atoms with Crippen molar-refractivity contribution in [2.45, 2.75) is 32.9 Å². The molecule has 150 valence electrons. The number of halogens is 1. The molecule has 0 fully saturated rings. The zero-order chi connectivity index (χ0) is 20.6. The maximum atomic E-state index is 13.6. The molecule has 2 aromatic carbocycles. The highest BCUT2D eigenvalue weighted by Gasteiger charge is 2.15. The van der Waals surface area contributed by atoms with E-state index in [0.29, 0.717) is 30.9 Å². The Kier molecular flexibility index (Phi) is 6.89. The zero-order valence-electron chi connectivity index (χ0n) is 16.7. The highest BCUT2D eigenvalue weighted by molar-refractivity contribution is 5.92. The van der Waals surface area contributed by atoms with E-state index in [2.05, 4.69) is 46.4 Å². The lowest BCUT2D eigenvalue weighted by Crippen LogP contribution is -2.32. The van der Waals surface area contributed by atoms with Gasteiger partial charge in [-0.3, -0.25) is 4.79 Å². The molecule has 0 aliphatic heterocycles. The second-order valence-electron chi connectivity index (χ2n) is 7.08. The number of nitrogens with zero attached hydrogens (tertiary/aromatic N) is 3. The van der Waals surface area contributed by atoms with Crippen LogP contribution in [0.5, 0.6) is 0 Å². The summed E-state index contributed by atoms with van der Waals surface area (Å²) in [4.78, 5) is 14.4. The Balaban J connectivity index is 1.60. The van der Waals surface area contributed by atoms with Gasteiger partial charge in [0, 0.05) is 19.1 Å². The molecule has 0 saturated heterocycles. The van der Waals surface area contributed by atoms with Crippen molar-refractivity contribution >= 4 is 11.7 Å². The number of rotatable bonds is 8. The highest BCUT2D eigenvalue weighted by atomic mass is 19.1. The van der Waals surface area contributed by atoms with E-state index in [1.807, 2.05) is 24.3 Å². The van der Waals surface area contributed by atoms with Crippen LogP contribution in [-0.4, -0.2) is 28.7 Å². The minimum absolute atomic E-state index is 0.227. The normalized spacial score (nSPS) is 10.8. The number of carbonyl (C=O) groups is 1. The standard InChI is InChI=1S/C23H25FN4O/c1-17(2)28(16-18-8-4-3-5-9-18)22-13-12-21(26-27-22)23(29)25-15-14-19-10-6-7-11-20(19)24/h3-13,17H,14-16H2,1-2H3,(H,25,29). The number of benzene rings is 2. The minimum atomic E-state index is -0.320. The van der Waals surface area contributed by atoms with Crippen molar-refractivity contribution in [2.24, 2.45) is 0 Å². The summed E-state index contributed by atoms with van der Waals surface area (Å²) in [7, 11) is 0. The first-order valence-corrected chi connectivity index (χ1v) is 9.70. The fourth-order valence-corrected chi connectivity index (χ4v) is 3.01. The Bertz CT molecular complexity index is 929. The molecule has 0 aliphatic rings. The topological polar surface area (TPSA) is 58.1 Å². The number of hydrogen-bond acceptors (Lipinski definition) is 4. The molecule has 6 heteroatoms. The van der Waals surface area contributed by atoms with Crippen LogP contribution in [-0.2, 0) is 13.0 Å². The second-order valence-corrected chi connectivity index (χ2v) is 7.08. The first kappa shape index (κ1) is 20.5. The van der Waals surface area contributed by atoms with Crippen molar-refractivity contribution in [3.63, 3.8) is 0 Å². The molecule has 1 N–H and O–H groups in total. The summed E-state index contributed by atoms with van der Waals surface area (Å²) in [6.45, 7) is 5.22. The maximum absolute atomic E-state index is 13.6. The number of carbonyl (C=O) groups excluding carboxylic acids is 1. The van der Waals surface area contributed by atoms with Crippen LogP contribution in [0.1, 0.15) is 35.5 Å². The highest BCUT2D eigenvalue weighted by Crippen LogP contribution is 2.17. The van der Waals surface area contributed by atoms with Gasteiger partial charge in [0.2, 0.25) is 0 Å². The fraction of sp³-hybridized carbons (Fsp3) is 0.261. The lowest BCUT2D eigenvalue weighted by molar-refractivity contribution is 0.0948. The van der Waals surface area contributed by atoms with Gasteiger partial charge in [0.25, 0.3) is 5.91 Å². The molecule has 0 saturated carbocycles. The monoisotopic (exact) mass is 392 g/mol. The predicted octanol–water partition coefficient (Wildman–Crippen LogP) is 4.00. The summed E-state index contributed by atoms with van der Waals surface area (Å²) < 4.78 is 13.6. The molecule has 5 nitrogen and oxygen atoms in total. The van der Waals surface area contributed by atoms with E-state index in [9.17, 15) is 9.18 Å². The minimum Gasteiger partial charge on any atom is -0.350 e. The lowest BCUT2D eigenvalue weighted by atomic mass is 10.1. The lowest BCUT2D eigenvalue weighted by Gasteiger charge is -2.27. The first-order valence-electron chi connectivity index (χ1n) is 9.70. The van der Waals surface area contributed by atoms with Gasteiger partial charge in [-0.1, -0.05) is 48.5 Å². The first-order chi connectivity index (χ1) is 14.0. The molecule has 1 aromatic heterocycles. The molecule has 0 atom stereocenters. The average Bonchev–Trinajstić information content (AvgIpc) is 2.74. The van der Waals surface area contributed by atoms with E-state index < -0.39 is 0 Å². The molecule has 1 amide bonds. The van der Waals surface area contributed by atoms with Crippen molar-refractivity contribution in [1.29, 1.82) is 0 Å². The molecule has 0 unspecified atom stereocenters. The van der Waals surface area contributed by atoms with Crippen LogP contribution in [0.25, 0.3) is 0 Å². The van der Waals surface area contributed by atoms with Crippen LogP contribution >= 0.6 is 0 Å². The summed E-state index contributed by atoms with van der Waals surface area (Å²) in [5.41, 5.74) is 1.99. The third-order valence-corrected chi connectivity index (χ3v) is 4.63. The fourth-order valence-electron chi connectivity index (χ4n) is 3.01. The van der Waals surface area contributed by atoms with Gasteiger partial charge < -0.3 is 10.2 Å². The van der Waals surface area contributed by atoms with Crippen LogP contribution in [0.15, 0.2) is 66.7 Å². The zero-order valence-corrected chi connectivity index (χ0v) is 16.7. The Morgan fingerprint density at radius 1 is 1.00 bits per heavy atom. The van der Waals surface area contributed by atoms with Gasteiger partial charge in [-0.2, -0.15) is 0 Å². The summed E-state index contributed by atoms with van der Waals surface area (Å²) in [6.07, 6.45) is 0.419. The van der Waals surface area contributed by atoms with E-state index in [4.69, 9.17) is 0 Å². The molecular formula is C23H25FN4O. The number of aromatic nitrogens is 2. The van der Waals surface area contributed by atoms with E-state index >= 15 is 0 Å². The van der Waals surface area contributed by atoms with E-state index in [1.165, 1.54) is 11.6 Å². The molecule has 1 heterocycles. The van der Waals surface area contributed by atoms with Crippen molar-refractivity contribution in [3.05, 3.63) is 89.4 Å². The number of amides is 1. The molecular weight excluding hydrogens is 367 g/mol. The van der Waals surface area contributed by atoms with Crippen LogP contribution in [0, 0.1) is 5.82 Å². The Hall–Kier alpha value is -3.28.